The number of halogens is 9. The Labute approximate surface area is 470 Å². The number of carbonyl (C=O) groups excluding carboxylic acids is 3. The SMILES string of the molecule is NC1(c2ccc(-c3ccc(C(OP(=O)(OC(c4ccc(-c5ccc(C6(N)CC6)nc5)cc4)C(CF)NC(=O)C(F)F)OC(c4ccc(-c5ccc(C6(N)CC6)nc5)cc4)C(CF)NC(=O)C(F)F)C(CF)NC(=O)C(F)F)cc3)cn2)CC1. The molecule has 9 N–H and O–H groups in total. The first kappa shape index (κ1) is 60.5. The first-order valence-corrected chi connectivity index (χ1v) is 27.7. The third-order valence-electron chi connectivity index (χ3n) is 14.8. The van der Waals surface area contributed by atoms with E-state index in [1.54, 1.807) is 52.3 Å². The minimum atomic E-state index is -6.13. The summed E-state index contributed by atoms with van der Waals surface area (Å²) in [6.45, 7) is -5.31. The number of alkyl halides is 9. The van der Waals surface area contributed by atoms with E-state index in [9.17, 15) is 40.7 Å². The maximum atomic E-state index is 16.2. The molecule has 26 heteroatoms. The number of nitrogens with one attached hydrogen (secondary N) is 3. The fraction of sp³-hybridized carbons (Fsp3) is 0.368. The minimum absolute atomic E-state index is 0.256. The molecule has 3 aliphatic carbocycles. The van der Waals surface area contributed by atoms with E-state index in [0.29, 0.717) is 89.0 Å². The summed E-state index contributed by atoms with van der Waals surface area (Å²) in [7, 11) is -6.13. The Balaban J connectivity index is 1.16. The van der Waals surface area contributed by atoms with Gasteiger partial charge in [0.25, 0.3) is 17.7 Å². The highest BCUT2D eigenvalue weighted by Gasteiger charge is 2.47. The number of rotatable bonds is 27. The number of aromatic nitrogens is 3. The van der Waals surface area contributed by atoms with Gasteiger partial charge >= 0.3 is 27.1 Å². The average molecular weight is 1180 g/mol. The molecule has 16 nitrogen and oxygen atoms in total. The lowest BCUT2D eigenvalue weighted by molar-refractivity contribution is -0.133. The number of phosphoric ester groups is 1. The highest BCUT2D eigenvalue weighted by molar-refractivity contribution is 7.48. The molecule has 6 atom stereocenters. The van der Waals surface area contributed by atoms with Gasteiger partial charge in [0.15, 0.2) is 0 Å². The van der Waals surface area contributed by atoms with Crippen molar-refractivity contribution in [1.29, 1.82) is 0 Å². The van der Waals surface area contributed by atoms with Crippen molar-refractivity contribution < 1.29 is 72.0 Å². The first-order valence-electron chi connectivity index (χ1n) is 26.2. The van der Waals surface area contributed by atoms with Crippen LogP contribution in [-0.2, 0) is 49.1 Å². The summed E-state index contributed by atoms with van der Waals surface area (Å²) >= 11 is 0. The summed E-state index contributed by atoms with van der Waals surface area (Å²) in [6, 6.07) is 19.5. The van der Waals surface area contributed by atoms with Crippen molar-refractivity contribution in [2.24, 2.45) is 17.2 Å². The molecule has 83 heavy (non-hydrogen) atoms. The molecule has 6 aromatic rings. The lowest BCUT2D eigenvalue weighted by atomic mass is 9.99. The quantitative estimate of drug-likeness (QED) is 0.0208. The molecule has 0 saturated heterocycles. The molecule has 3 aliphatic rings. The number of amides is 3. The second-order valence-corrected chi connectivity index (χ2v) is 22.4. The second-order valence-electron chi connectivity index (χ2n) is 20.9. The molecule has 3 aromatic heterocycles. The number of carbonyl (C=O) groups is 3. The first-order chi connectivity index (χ1) is 39.6. The zero-order valence-corrected chi connectivity index (χ0v) is 44.9. The van der Waals surface area contributed by atoms with Crippen LogP contribution in [0, 0.1) is 0 Å². The van der Waals surface area contributed by atoms with E-state index in [1.165, 1.54) is 91.4 Å². The van der Waals surface area contributed by atoms with Crippen LogP contribution in [-0.4, -0.2) is 90.1 Å². The van der Waals surface area contributed by atoms with Gasteiger partial charge in [-0.1, -0.05) is 91.0 Å². The fourth-order valence-corrected chi connectivity index (χ4v) is 11.0. The van der Waals surface area contributed by atoms with E-state index in [2.05, 4.69) is 15.0 Å². The van der Waals surface area contributed by atoms with Gasteiger partial charge in [-0.05, 0) is 90.1 Å². The zero-order valence-electron chi connectivity index (χ0n) is 44.0. The molecule has 0 bridgehead atoms. The van der Waals surface area contributed by atoms with Crippen LogP contribution in [0.1, 0.15) is 90.6 Å². The van der Waals surface area contributed by atoms with Gasteiger partial charge in [0.1, 0.15) is 38.3 Å². The molecule has 0 radical (unpaired) electrons. The number of phosphoric acid groups is 1. The maximum Gasteiger partial charge on any atom is 0.476 e. The van der Waals surface area contributed by atoms with Crippen LogP contribution in [0.3, 0.4) is 0 Å². The summed E-state index contributed by atoms with van der Waals surface area (Å²) in [4.78, 5) is 51.5. The molecule has 3 saturated carbocycles. The predicted molar refractivity (Wildman–Crippen MR) is 285 cm³/mol. The van der Waals surface area contributed by atoms with Crippen molar-refractivity contribution in [2.75, 3.05) is 20.0 Å². The number of hydrogen-bond acceptors (Lipinski definition) is 13. The highest BCUT2D eigenvalue weighted by Crippen LogP contribution is 2.61. The van der Waals surface area contributed by atoms with Crippen molar-refractivity contribution in [2.45, 2.75) is 111 Å². The summed E-state index contributed by atoms with van der Waals surface area (Å²) in [6.07, 6.45) is -9.30. The molecule has 3 aromatic carbocycles. The van der Waals surface area contributed by atoms with Crippen molar-refractivity contribution in [1.82, 2.24) is 30.9 Å². The van der Waals surface area contributed by atoms with Crippen LogP contribution in [0.25, 0.3) is 33.4 Å². The van der Waals surface area contributed by atoms with Gasteiger partial charge in [0, 0.05) is 35.3 Å². The Morgan fingerprint density at radius 3 is 0.831 bits per heavy atom. The number of benzene rings is 3. The number of pyridine rings is 3. The van der Waals surface area contributed by atoms with E-state index in [4.69, 9.17) is 30.8 Å². The highest BCUT2D eigenvalue weighted by atomic mass is 31.2. The Bertz CT molecular complexity index is 2930. The summed E-state index contributed by atoms with van der Waals surface area (Å²) in [5, 5.41) is 5.34. The minimum Gasteiger partial charge on any atom is -0.343 e. The van der Waals surface area contributed by atoms with E-state index in [-0.39, 0.29) is 16.7 Å². The summed E-state index contributed by atoms with van der Waals surface area (Å²) < 4.78 is 165. The van der Waals surface area contributed by atoms with Gasteiger partial charge in [0.2, 0.25) is 0 Å². The Morgan fingerprint density at radius 1 is 0.422 bits per heavy atom. The number of nitrogens with zero attached hydrogens (tertiary/aromatic N) is 3. The lowest BCUT2D eigenvalue weighted by Gasteiger charge is -2.36. The van der Waals surface area contributed by atoms with E-state index < -0.39 is 118 Å². The predicted octanol–water partition coefficient (Wildman–Crippen LogP) is 9.56. The summed E-state index contributed by atoms with van der Waals surface area (Å²) in [5.74, 6) is -6.15. The maximum absolute atomic E-state index is 16.2. The standard InChI is InChI=1S/C57H57F9N9O7P/c58-25-40(73-52(76)49(61)62)46(34-7-1-31(2-8-34)37-13-16-43(70-28-37)55(67)19-20-55)80-83(79,81-47(41(26-59)74-53(77)50(63)64)35-9-3-32(4-10-35)38-14-17-44(71-29-38)56(68)21-22-56)82-48(42(27-60)75-54(78)51(65)66)36-11-5-33(6-12-36)39-15-18-45(72-30-39)57(69)23-24-57/h1-18,28-30,40-42,46-51H,19-27,67-69H2,(H,73,76)(H,74,77)(H,75,78). The van der Waals surface area contributed by atoms with E-state index in [1.807, 2.05) is 0 Å². The van der Waals surface area contributed by atoms with Gasteiger partial charge in [-0.15, -0.1) is 0 Å². The molecule has 440 valence electrons. The monoisotopic (exact) mass is 1180 g/mol. The molecule has 3 heterocycles. The van der Waals surface area contributed by atoms with Gasteiger partial charge in [-0.2, -0.15) is 26.3 Å². The number of nitrogens with two attached hydrogens (primary N) is 3. The van der Waals surface area contributed by atoms with Gasteiger partial charge in [-0.3, -0.25) is 42.9 Å². The van der Waals surface area contributed by atoms with Gasteiger partial charge < -0.3 is 33.2 Å². The van der Waals surface area contributed by atoms with Crippen molar-refractivity contribution in [3.8, 4) is 33.4 Å². The van der Waals surface area contributed by atoms with Crippen molar-refractivity contribution >= 4 is 25.5 Å². The van der Waals surface area contributed by atoms with E-state index >= 15 is 17.7 Å². The zero-order chi connectivity index (χ0) is 59.4. The van der Waals surface area contributed by atoms with Crippen molar-refractivity contribution in [3.63, 3.8) is 0 Å². The van der Waals surface area contributed by atoms with Crippen LogP contribution in [0.2, 0.25) is 0 Å². The molecule has 3 amide bonds. The normalized spacial score (nSPS) is 18.5. The van der Waals surface area contributed by atoms with Crippen LogP contribution in [0.4, 0.5) is 39.5 Å². The molecule has 0 aliphatic heterocycles. The third-order valence-corrected chi connectivity index (χ3v) is 16.3. The lowest BCUT2D eigenvalue weighted by Crippen LogP contribution is -2.46. The topological polar surface area (TPSA) is 249 Å². The third kappa shape index (κ3) is 14.3. The molecular formula is C57H57F9N9O7P. The average Bonchev–Trinajstić information content (AvgIpc) is 4.67. The van der Waals surface area contributed by atoms with Gasteiger partial charge in [0.05, 0.1) is 51.8 Å². The molecular weight excluding hydrogens is 1120 g/mol. The number of hydrogen-bond donors (Lipinski definition) is 6. The van der Waals surface area contributed by atoms with Crippen LogP contribution < -0.4 is 33.2 Å². The summed E-state index contributed by atoms with van der Waals surface area (Å²) in [5.41, 5.74) is 21.2. The van der Waals surface area contributed by atoms with E-state index in [0.717, 1.165) is 0 Å². The van der Waals surface area contributed by atoms with Crippen LogP contribution in [0.5, 0.6) is 0 Å². The second kappa shape index (κ2) is 25.0. The Kier molecular flexibility index (Phi) is 18.2. The smallest absolute Gasteiger partial charge is 0.343 e. The molecule has 6 unspecified atom stereocenters. The Morgan fingerprint density at radius 2 is 0.651 bits per heavy atom. The van der Waals surface area contributed by atoms with Crippen molar-refractivity contribution in [3.05, 3.63) is 162 Å². The Hall–Kier alpha value is -7.12. The van der Waals surface area contributed by atoms with Crippen LogP contribution in [0.15, 0.2) is 128 Å². The molecule has 9 rings (SSSR count). The molecule has 3 fully saturated rings. The van der Waals surface area contributed by atoms with Crippen LogP contribution >= 0.6 is 7.82 Å². The fourth-order valence-electron chi connectivity index (χ4n) is 9.26. The van der Waals surface area contributed by atoms with Gasteiger partial charge in [-0.25, -0.2) is 17.7 Å². The molecule has 0 spiro atoms. The largest absolute Gasteiger partial charge is 0.476 e.